The maximum absolute atomic E-state index is 2.59. The predicted molar refractivity (Wildman–Crippen MR) is 75.9 cm³/mol. The Bertz CT molecular complexity index is 290. The molecule has 0 aromatic carbocycles. The zero-order valence-electron chi connectivity index (χ0n) is 13.0. The summed E-state index contributed by atoms with van der Waals surface area (Å²) < 4.78 is 0. The van der Waals surface area contributed by atoms with Crippen LogP contribution in [-0.2, 0) is 0 Å². The van der Waals surface area contributed by atoms with Crippen molar-refractivity contribution in [1.29, 1.82) is 0 Å². The first-order valence-electron chi connectivity index (χ1n) is 7.76. The fraction of sp³-hybridized carbons (Fsp3) is 1.00. The molecule has 2 aliphatic rings. The Balaban J connectivity index is 2.34. The van der Waals surface area contributed by atoms with Crippen molar-refractivity contribution < 1.29 is 0 Å². The van der Waals surface area contributed by atoms with Crippen LogP contribution in [0.2, 0.25) is 0 Å². The molecule has 0 nitrogen and oxygen atoms in total. The Morgan fingerprint density at radius 1 is 0.824 bits per heavy atom. The van der Waals surface area contributed by atoms with E-state index in [1.54, 1.807) is 0 Å². The van der Waals surface area contributed by atoms with E-state index in [0.29, 0.717) is 10.8 Å². The van der Waals surface area contributed by atoms with E-state index in [0.717, 1.165) is 29.6 Å². The van der Waals surface area contributed by atoms with Gasteiger partial charge in [-0.05, 0) is 53.3 Å². The van der Waals surface area contributed by atoms with Crippen molar-refractivity contribution in [2.24, 2.45) is 40.4 Å². The second-order valence-electron chi connectivity index (χ2n) is 8.01. The van der Waals surface area contributed by atoms with E-state index >= 15 is 0 Å². The Labute approximate surface area is 109 Å². The van der Waals surface area contributed by atoms with Gasteiger partial charge in [0.1, 0.15) is 0 Å². The summed E-state index contributed by atoms with van der Waals surface area (Å²) in [7, 11) is 0. The van der Waals surface area contributed by atoms with Crippen molar-refractivity contribution in [1.82, 2.24) is 0 Å². The molecule has 2 fully saturated rings. The summed E-state index contributed by atoms with van der Waals surface area (Å²) in [5.74, 6) is 4.61. The molecule has 0 radical (unpaired) electrons. The largest absolute Gasteiger partial charge is 0.0625 e. The van der Waals surface area contributed by atoms with E-state index in [4.69, 9.17) is 0 Å². The molecular formula is C17H32. The Morgan fingerprint density at radius 3 is 1.76 bits per heavy atom. The van der Waals surface area contributed by atoms with Crippen molar-refractivity contribution >= 4 is 0 Å². The summed E-state index contributed by atoms with van der Waals surface area (Å²) in [6, 6.07) is 0. The fourth-order valence-corrected chi connectivity index (χ4v) is 5.56. The summed E-state index contributed by atoms with van der Waals surface area (Å²) >= 11 is 0. The van der Waals surface area contributed by atoms with E-state index in [-0.39, 0.29) is 0 Å². The maximum atomic E-state index is 2.59. The standard InChI is InChI=1S/C17H32/c1-11(2)16(6)14-9-8-13(5)10-15(14)17(16,7)12(3)4/h11-15H,8-10H2,1-7H3. The molecule has 0 aliphatic heterocycles. The zero-order valence-corrected chi connectivity index (χ0v) is 13.0. The lowest BCUT2D eigenvalue weighted by atomic mass is 9.31. The second kappa shape index (κ2) is 4.00. The van der Waals surface area contributed by atoms with Crippen LogP contribution in [0.5, 0.6) is 0 Å². The molecule has 0 amide bonds. The molecule has 17 heavy (non-hydrogen) atoms. The van der Waals surface area contributed by atoms with Crippen molar-refractivity contribution in [3.8, 4) is 0 Å². The SMILES string of the molecule is CC1CCC2C(C1)C(C)(C(C)C)C2(C)C(C)C. The first-order valence-corrected chi connectivity index (χ1v) is 7.76. The van der Waals surface area contributed by atoms with Gasteiger partial charge in [0.25, 0.3) is 0 Å². The van der Waals surface area contributed by atoms with Crippen LogP contribution in [-0.4, -0.2) is 0 Å². The molecule has 100 valence electrons. The van der Waals surface area contributed by atoms with Crippen LogP contribution in [0, 0.1) is 40.4 Å². The Morgan fingerprint density at radius 2 is 1.29 bits per heavy atom. The molecule has 0 N–H and O–H groups in total. The molecule has 5 unspecified atom stereocenters. The van der Waals surface area contributed by atoms with Crippen LogP contribution in [0.25, 0.3) is 0 Å². The Kier molecular flexibility index (Phi) is 3.16. The zero-order chi connectivity index (χ0) is 13.0. The van der Waals surface area contributed by atoms with Gasteiger partial charge < -0.3 is 0 Å². The lowest BCUT2D eigenvalue weighted by molar-refractivity contribution is -0.257. The maximum Gasteiger partial charge on any atom is -0.0212 e. The molecule has 2 rings (SSSR count). The first-order chi connectivity index (χ1) is 7.76. The number of rotatable bonds is 2. The summed E-state index contributed by atoms with van der Waals surface area (Å²) in [5, 5.41) is 0. The van der Waals surface area contributed by atoms with Crippen molar-refractivity contribution in [3.63, 3.8) is 0 Å². The minimum absolute atomic E-state index is 0.570. The summed E-state index contributed by atoms with van der Waals surface area (Å²) in [6.45, 7) is 17.5. The van der Waals surface area contributed by atoms with Crippen molar-refractivity contribution in [3.05, 3.63) is 0 Å². The van der Waals surface area contributed by atoms with Crippen molar-refractivity contribution in [2.75, 3.05) is 0 Å². The third kappa shape index (κ3) is 1.48. The van der Waals surface area contributed by atoms with Gasteiger partial charge in [-0.1, -0.05) is 54.9 Å². The Hall–Kier alpha value is 0. The van der Waals surface area contributed by atoms with Crippen LogP contribution >= 0.6 is 0 Å². The minimum Gasteiger partial charge on any atom is -0.0625 e. The molecule has 2 saturated carbocycles. The third-order valence-corrected chi connectivity index (χ3v) is 7.21. The number of hydrogen-bond acceptors (Lipinski definition) is 0. The second-order valence-corrected chi connectivity index (χ2v) is 8.01. The average molecular weight is 236 g/mol. The average Bonchev–Trinajstić information content (AvgIpc) is 2.26. The monoisotopic (exact) mass is 236 g/mol. The highest BCUT2D eigenvalue weighted by Crippen LogP contribution is 2.74. The molecule has 0 aromatic rings. The van der Waals surface area contributed by atoms with E-state index in [2.05, 4.69) is 48.5 Å². The molecule has 0 heterocycles. The number of hydrogen-bond donors (Lipinski definition) is 0. The highest BCUT2D eigenvalue weighted by atomic mass is 14.7. The van der Waals surface area contributed by atoms with E-state index in [9.17, 15) is 0 Å². The lowest BCUT2D eigenvalue weighted by Crippen LogP contribution is -2.68. The van der Waals surface area contributed by atoms with Gasteiger partial charge in [-0.3, -0.25) is 0 Å². The van der Waals surface area contributed by atoms with Crippen LogP contribution in [0.4, 0.5) is 0 Å². The first kappa shape index (κ1) is 13.4. The van der Waals surface area contributed by atoms with E-state index in [1.165, 1.54) is 19.3 Å². The van der Waals surface area contributed by atoms with Crippen LogP contribution in [0.3, 0.4) is 0 Å². The molecule has 0 saturated heterocycles. The molecule has 0 aromatic heterocycles. The van der Waals surface area contributed by atoms with Gasteiger partial charge in [0, 0.05) is 0 Å². The van der Waals surface area contributed by atoms with Crippen LogP contribution in [0.15, 0.2) is 0 Å². The van der Waals surface area contributed by atoms with Gasteiger partial charge in [-0.2, -0.15) is 0 Å². The highest BCUT2D eigenvalue weighted by molar-refractivity contribution is 5.16. The summed E-state index contributed by atoms with van der Waals surface area (Å²) in [4.78, 5) is 0. The topological polar surface area (TPSA) is 0 Å². The van der Waals surface area contributed by atoms with Crippen LogP contribution < -0.4 is 0 Å². The molecule has 0 spiro atoms. The minimum atomic E-state index is 0.570. The molecular weight excluding hydrogens is 204 g/mol. The fourth-order valence-electron chi connectivity index (χ4n) is 5.56. The molecule has 2 aliphatic carbocycles. The van der Waals surface area contributed by atoms with Gasteiger partial charge in [0.15, 0.2) is 0 Å². The van der Waals surface area contributed by atoms with Crippen LogP contribution in [0.1, 0.15) is 67.7 Å². The van der Waals surface area contributed by atoms with Gasteiger partial charge in [0.2, 0.25) is 0 Å². The van der Waals surface area contributed by atoms with Gasteiger partial charge in [0.05, 0.1) is 0 Å². The molecule has 0 heteroatoms. The summed E-state index contributed by atoms with van der Waals surface area (Å²) in [6.07, 6.45) is 4.45. The molecule has 0 bridgehead atoms. The quantitative estimate of drug-likeness (QED) is 0.604. The van der Waals surface area contributed by atoms with E-state index < -0.39 is 0 Å². The van der Waals surface area contributed by atoms with Crippen molar-refractivity contribution in [2.45, 2.75) is 67.7 Å². The normalized spacial score (nSPS) is 50.3. The van der Waals surface area contributed by atoms with Gasteiger partial charge >= 0.3 is 0 Å². The number of fused-ring (bicyclic) bond motifs is 1. The smallest absolute Gasteiger partial charge is 0.0212 e. The van der Waals surface area contributed by atoms with Gasteiger partial charge in [-0.15, -0.1) is 0 Å². The third-order valence-electron chi connectivity index (χ3n) is 7.21. The van der Waals surface area contributed by atoms with E-state index in [1.807, 2.05) is 0 Å². The highest BCUT2D eigenvalue weighted by Gasteiger charge is 2.68. The molecule has 5 atom stereocenters. The van der Waals surface area contributed by atoms with Gasteiger partial charge in [-0.25, -0.2) is 0 Å². The lowest BCUT2D eigenvalue weighted by Gasteiger charge is -2.73. The predicted octanol–water partition coefficient (Wildman–Crippen LogP) is 5.38. The summed E-state index contributed by atoms with van der Waals surface area (Å²) in [5.41, 5.74) is 1.15.